The highest BCUT2D eigenvalue weighted by Crippen LogP contribution is 2.34. The molecule has 1 atom stereocenters. The van der Waals surface area contributed by atoms with Gasteiger partial charge in [-0.25, -0.2) is 8.78 Å². The third-order valence-corrected chi connectivity index (χ3v) is 3.20. The summed E-state index contributed by atoms with van der Waals surface area (Å²) in [7, 11) is 0. The molecule has 0 aliphatic rings. The van der Waals surface area contributed by atoms with Gasteiger partial charge in [0.1, 0.15) is 17.7 Å². The second kappa shape index (κ2) is 5.22. The average molecular weight is 289 g/mol. The lowest BCUT2D eigenvalue weighted by Gasteiger charge is -2.15. The average Bonchev–Trinajstić information content (AvgIpc) is 2.32. The quantitative estimate of drug-likeness (QED) is 0.871. The Kier molecular flexibility index (Phi) is 3.85. The van der Waals surface area contributed by atoms with Crippen molar-refractivity contribution in [3.05, 3.63) is 69.2 Å². The van der Waals surface area contributed by atoms with Crippen LogP contribution in [0.1, 0.15) is 17.2 Å². The van der Waals surface area contributed by atoms with Crippen LogP contribution in [0.25, 0.3) is 0 Å². The summed E-state index contributed by atoms with van der Waals surface area (Å²) in [5.74, 6) is -1.24. The summed E-state index contributed by atoms with van der Waals surface area (Å²) in [6, 6.07) is 7.52. The van der Waals surface area contributed by atoms with Crippen LogP contribution in [0, 0.1) is 11.6 Å². The van der Waals surface area contributed by atoms with Crippen molar-refractivity contribution in [2.24, 2.45) is 0 Å². The van der Waals surface area contributed by atoms with Gasteiger partial charge in [-0.2, -0.15) is 0 Å². The number of benzene rings is 2. The van der Waals surface area contributed by atoms with Gasteiger partial charge in [0.05, 0.1) is 0 Å². The minimum atomic E-state index is -1.41. The highest BCUT2D eigenvalue weighted by atomic mass is 35.5. The summed E-state index contributed by atoms with van der Waals surface area (Å²) in [6.45, 7) is 0. The van der Waals surface area contributed by atoms with Gasteiger partial charge in [-0.1, -0.05) is 29.3 Å². The Labute approximate surface area is 113 Å². The van der Waals surface area contributed by atoms with Gasteiger partial charge in [0.15, 0.2) is 0 Å². The van der Waals surface area contributed by atoms with Gasteiger partial charge in [-0.3, -0.25) is 0 Å². The summed E-state index contributed by atoms with van der Waals surface area (Å²) in [5, 5.41) is 10.3. The normalized spacial score (nSPS) is 12.5. The van der Waals surface area contributed by atoms with Gasteiger partial charge < -0.3 is 5.11 Å². The van der Waals surface area contributed by atoms with Crippen molar-refractivity contribution in [3.63, 3.8) is 0 Å². The van der Waals surface area contributed by atoms with E-state index in [9.17, 15) is 13.9 Å². The molecular weight excluding hydrogens is 281 g/mol. The minimum absolute atomic E-state index is 0.0582. The molecule has 0 aliphatic heterocycles. The molecule has 0 amide bonds. The third kappa shape index (κ3) is 2.48. The Bertz CT molecular complexity index is 567. The van der Waals surface area contributed by atoms with Gasteiger partial charge >= 0.3 is 0 Å². The van der Waals surface area contributed by atoms with E-state index in [4.69, 9.17) is 23.2 Å². The lowest BCUT2D eigenvalue weighted by atomic mass is 10.0. The van der Waals surface area contributed by atoms with Gasteiger partial charge in [0.2, 0.25) is 0 Å². The highest BCUT2D eigenvalue weighted by molar-refractivity contribution is 6.32. The van der Waals surface area contributed by atoms with Crippen molar-refractivity contribution >= 4 is 23.2 Å². The van der Waals surface area contributed by atoms with Gasteiger partial charge in [-0.15, -0.1) is 0 Å². The maximum Gasteiger partial charge on any atom is 0.130 e. The van der Waals surface area contributed by atoms with Crippen LogP contribution in [0.5, 0.6) is 0 Å². The first-order valence-electron chi connectivity index (χ1n) is 5.07. The first kappa shape index (κ1) is 13.3. The van der Waals surface area contributed by atoms with Crippen molar-refractivity contribution in [1.82, 2.24) is 0 Å². The zero-order chi connectivity index (χ0) is 13.3. The van der Waals surface area contributed by atoms with Crippen LogP contribution in [0.4, 0.5) is 8.78 Å². The molecule has 0 aliphatic carbocycles. The number of aliphatic hydroxyl groups excluding tert-OH is 1. The van der Waals surface area contributed by atoms with Gasteiger partial charge in [0, 0.05) is 21.2 Å². The van der Waals surface area contributed by atoms with Crippen LogP contribution in [-0.2, 0) is 0 Å². The molecule has 1 N–H and O–H groups in total. The fraction of sp³-hybridized carbons (Fsp3) is 0.0769. The summed E-state index contributed by atoms with van der Waals surface area (Å²) in [4.78, 5) is 0. The first-order valence-corrected chi connectivity index (χ1v) is 5.83. The summed E-state index contributed by atoms with van der Waals surface area (Å²) in [5.41, 5.74) is -0.0460. The van der Waals surface area contributed by atoms with E-state index in [1.165, 1.54) is 18.2 Å². The topological polar surface area (TPSA) is 20.2 Å². The molecule has 2 rings (SSSR count). The number of halogens is 4. The summed E-state index contributed by atoms with van der Waals surface area (Å²) in [6.07, 6.45) is -1.41. The van der Waals surface area contributed by atoms with Crippen molar-refractivity contribution in [1.29, 1.82) is 0 Å². The van der Waals surface area contributed by atoms with E-state index < -0.39 is 17.7 Å². The highest BCUT2D eigenvalue weighted by Gasteiger charge is 2.21. The molecule has 5 heteroatoms. The van der Waals surface area contributed by atoms with E-state index >= 15 is 0 Å². The molecule has 0 bridgehead atoms. The predicted molar refractivity (Wildman–Crippen MR) is 66.9 cm³/mol. The monoisotopic (exact) mass is 288 g/mol. The molecular formula is C13H8Cl2F2O. The minimum Gasteiger partial charge on any atom is -0.383 e. The Balaban J connectivity index is 2.54. The number of rotatable bonds is 2. The zero-order valence-electron chi connectivity index (χ0n) is 9.00. The molecule has 0 radical (unpaired) electrons. The molecule has 0 saturated carbocycles. The fourth-order valence-electron chi connectivity index (χ4n) is 1.65. The van der Waals surface area contributed by atoms with E-state index in [-0.39, 0.29) is 21.2 Å². The van der Waals surface area contributed by atoms with Crippen molar-refractivity contribution < 1.29 is 13.9 Å². The Morgan fingerprint density at radius 3 is 2.39 bits per heavy atom. The summed E-state index contributed by atoms with van der Waals surface area (Å²) >= 11 is 11.7. The molecule has 18 heavy (non-hydrogen) atoms. The van der Waals surface area contributed by atoms with Crippen LogP contribution in [0.2, 0.25) is 10.0 Å². The van der Waals surface area contributed by atoms with E-state index in [2.05, 4.69) is 0 Å². The smallest absolute Gasteiger partial charge is 0.130 e. The van der Waals surface area contributed by atoms with E-state index in [1.807, 2.05) is 0 Å². The van der Waals surface area contributed by atoms with Crippen LogP contribution in [-0.4, -0.2) is 5.11 Å². The Morgan fingerprint density at radius 2 is 1.72 bits per heavy atom. The molecule has 0 fully saturated rings. The second-order valence-electron chi connectivity index (χ2n) is 3.70. The Morgan fingerprint density at radius 1 is 1.00 bits per heavy atom. The molecule has 0 heterocycles. The van der Waals surface area contributed by atoms with Gasteiger partial charge in [-0.05, 0) is 30.3 Å². The fourth-order valence-corrected chi connectivity index (χ4v) is 2.14. The molecule has 1 nitrogen and oxygen atoms in total. The van der Waals surface area contributed by atoms with Crippen LogP contribution >= 0.6 is 23.2 Å². The molecule has 94 valence electrons. The molecule has 0 aromatic heterocycles. The van der Waals surface area contributed by atoms with Crippen molar-refractivity contribution in [3.8, 4) is 0 Å². The standard InChI is InChI=1S/C13H8Cl2F2O/c14-9-5-4-7(16)6-8(9)13(18)12-10(15)2-1-3-11(12)17/h1-6,13,18H. The van der Waals surface area contributed by atoms with Crippen LogP contribution in [0.15, 0.2) is 36.4 Å². The zero-order valence-corrected chi connectivity index (χ0v) is 10.5. The lowest BCUT2D eigenvalue weighted by Crippen LogP contribution is -2.04. The molecule has 2 aromatic carbocycles. The first-order chi connectivity index (χ1) is 8.50. The maximum absolute atomic E-state index is 13.6. The van der Waals surface area contributed by atoms with Crippen LogP contribution in [0.3, 0.4) is 0 Å². The number of hydrogen-bond donors (Lipinski definition) is 1. The Hall–Kier alpha value is -1.16. The van der Waals surface area contributed by atoms with E-state index in [0.717, 1.165) is 18.2 Å². The van der Waals surface area contributed by atoms with Crippen molar-refractivity contribution in [2.75, 3.05) is 0 Å². The van der Waals surface area contributed by atoms with E-state index in [0.29, 0.717) is 0 Å². The number of hydrogen-bond acceptors (Lipinski definition) is 1. The predicted octanol–water partition coefficient (Wildman–Crippen LogP) is 4.35. The van der Waals surface area contributed by atoms with E-state index in [1.54, 1.807) is 0 Å². The maximum atomic E-state index is 13.6. The number of aliphatic hydroxyl groups is 1. The largest absolute Gasteiger partial charge is 0.383 e. The van der Waals surface area contributed by atoms with Crippen LogP contribution < -0.4 is 0 Å². The molecule has 1 unspecified atom stereocenters. The molecule has 0 saturated heterocycles. The molecule has 0 spiro atoms. The lowest BCUT2D eigenvalue weighted by molar-refractivity contribution is 0.214. The third-order valence-electron chi connectivity index (χ3n) is 2.53. The molecule has 2 aromatic rings. The van der Waals surface area contributed by atoms with Crippen molar-refractivity contribution in [2.45, 2.75) is 6.10 Å². The summed E-state index contributed by atoms with van der Waals surface area (Å²) < 4.78 is 26.8. The SMILES string of the molecule is OC(c1cc(F)ccc1Cl)c1c(F)cccc1Cl. The van der Waals surface area contributed by atoms with Gasteiger partial charge in [0.25, 0.3) is 0 Å². The second-order valence-corrected chi connectivity index (χ2v) is 4.52.